The van der Waals surface area contributed by atoms with Gasteiger partial charge in [-0.15, -0.1) is 0 Å². The van der Waals surface area contributed by atoms with E-state index in [0.29, 0.717) is 5.92 Å². The number of hydrogen-bond acceptors (Lipinski definition) is 1. The molecule has 2 heteroatoms. The summed E-state index contributed by atoms with van der Waals surface area (Å²) in [4.78, 5) is 5.01. The van der Waals surface area contributed by atoms with Gasteiger partial charge in [0.2, 0.25) is 0 Å². The van der Waals surface area contributed by atoms with Crippen LogP contribution in [0.2, 0.25) is 15.8 Å². The predicted octanol–water partition coefficient (Wildman–Crippen LogP) is 7.33. The van der Waals surface area contributed by atoms with Crippen LogP contribution in [0.25, 0.3) is 22.4 Å². The molecule has 3 aromatic rings. The summed E-state index contributed by atoms with van der Waals surface area (Å²) in [6.45, 7) is 11.9. The molecule has 1 aromatic heterocycles. The van der Waals surface area contributed by atoms with E-state index in [1.54, 1.807) is 9.96 Å². The molecule has 2 aromatic carbocycles. The van der Waals surface area contributed by atoms with Crippen LogP contribution in [0.15, 0.2) is 66.9 Å². The predicted molar refractivity (Wildman–Crippen MR) is 130 cm³/mol. The fourth-order valence-electron chi connectivity index (χ4n) is 4.55. The van der Waals surface area contributed by atoms with Crippen molar-refractivity contribution < 1.29 is 0 Å². The van der Waals surface area contributed by atoms with Gasteiger partial charge >= 0.3 is 180 Å². The second-order valence-corrected chi connectivity index (χ2v) is 19.6. The number of aromatic nitrogens is 1. The minimum atomic E-state index is -2.05. The third-order valence-electron chi connectivity index (χ3n) is 6.48. The van der Waals surface area contributed by atoms with Crippen LogP contribution in [-0.2, 0) is 6.42 Å². The molecule has 0 radical (unpaired) electrons. The molecule has 29 heavy (non-hydrogen) atoms. The Hall–Kier alpha value is -1.87. The zero-order valence-corrected chi connectivity index (χ0v) is 20.8. The molecule has 0 N–H and O–H groups in total. The maximum absolute atomic E-state index is 5.01. The van der Waals surface area contributed by atoms with E-state index in [1.807, 2.05) is 0 Å². The van der Waals surface area contributed by atoms with Crippen molar-refractivity contribution >= 4 is 17.7 Å². The first kappa shape index (κ1) is 21.8. The number of rotatable bonds is 8. The molecule has 0 amide bonds. The third kappa shape index (κ3) is 4.83. The Morgan fingerprint density at radius 3 is 2.00 bits per heavy atom. The van der Waals surface area contributed by atoms with Crippen molar-refractivity contribution in [1.29, 1.82) is 0 Å². The number of benzene rings is 2. The molecule has 0 aliphatic rings. The summed E-state index contributed by atoms with van der Waals surface area (Å²) in [7, 11) is 0. The van der Waals surface area contributed by atoms with Crippen molar-refractivity contribution in [2.75, 3.05) is 0 Å². The van der Waals surface area contributed by atoms with Crippen LogP contribution >= 0.6 is 0 Å². The first-order valence-electron chi connectivity index (χ1n) is 11.2. The zero-order chi connectivity index (χ0) is 20.9. The maximum atomic E-state index is 5.01. The molecule has 1 heterocycles. The Morgan fingerprint density at radius 2 is 1.38 bits per heavy atom. The SMILES string of the molecule is C[CH2][Ge]([CH2]C)([CH2]C)[c]1cnc(-c2cccc(-c3ccccc3)c2)cc1CC(C)C. The zero-order valence-electron chi connectivity index (χ0n) is 18.7. The van der Waals surface area contributed by atoms with Gasteiger partial charge in [-0.05, 0) is 0 Å². The molecular weight excluding hydrogens is 411 g/mol. The van der Waals surface area contributed by atoms with E-state index in [9.17, 15) is 0 Å². The van der Waals surface area contributed by atoms with Crippen molar-refractivity contribution in [1.82, 2.24) is 4.98 Å². The molecule has 0 aliphatic heterocycles. The second-order valence-electron chi connectivity index (χ2n) is 8.61. The normalized spacial score (nSPS) is 11.8. The van der Waals surface area contributed by atoms with Gasteiger partial charge in [0.05, 0.1) is 0 Å². The quantitative estimate of drug-likeness (QED) is 0.330. The Morgan fingerprint density at radius 1 is 0.759 bits per heavy atom. The van der Waals surface area contributed by atoms with Crippen LogP contribution in [0.1, 0.15) is 40.2 Å². The van der Waals surface area contributed by atoms with E-state index in [0.717, 1.165) is 12.1 Å². The molecule has 1 nitrogen and oxygen atoms in total. The summed E-state index contributed by atoms with van der Waals surface area (Å²) in [6, 6.07) is 21.8. The summed E-state index contributed by atoms with van der Waals surface area (Å²) in [5, 5.41) is 4.05. The molecule has 0 spiro atoms. The molecule has 0 saturated carbocycles. The average Bonchev–Trinajstić information content (AvgIpc) is 2.76. The van der Waals surface area contributed by atoms with Gasteiger partial charge in [0.25, 0.3) is 0 Å². The Labute approximate surface area is 180 Å². The summed E-state index contributed by atoms with van der Waals surface area (Å²) in [5.41, 5.74) is 6.39. The van der Waals surface area contributed by atoms with Crippen molar-refractivity contribution in [2.24, 2.45) is 5.92 Å². The molecule has 0 aliphatic carbocycles. The monoisotopic (exact) mass is 447 g/mol. The summed E-state index contributed by atoms with van der Waals surface area (Å²) >= 11 is -2.05. The topological polar surface area (TPSA) is 12.9 Å². The van der Waals surface area contributed by atoms with E-state index in [2.05, 4.69) is 101 Å². The standard InChI is InChI=1S/C27H35GeN/c1-6-28(7-2,8-3)26-20-29-27(19-25(26)17-21(4)5)24-16-12-15-23(18-24)22-13-10-9-11-14-22/h9-16,18-21H,6-8,17H2,1-5H3. The molecule has 0 bridgehead atoms. The fourth-order valence-corrected chi connectivity index (χ4v) is 12.6. The van der Waals surface area contributed by atoms with Gasteiger partial charge in [-0.2, -0.15) is 0 Å². The van der Waals surface area contributed by atoms with Crippen molar-refractivity contribution in [3.63, 3.8) is 0 Å². The second kappa shape index (κ2) is 9.76. The number of nitrogens with zero attached hydrogens (tertiary/aromatic N) is 1. The first-order valence-corrected chi connectivity index (χ1v) is 16.7. The van der Waals surface area contributed by atoms with Crippen molar-refractivity contribution in [2.45, 2.75) is 56.8 Å². The van der Waals surface area contributed by atoms with Crippen molar-refractivity contribution in [3.05, 3.63) is 72.4 Å². The number of pyridine rings is 1. The minimum absolute atomic E-state index is 0.658. The van der Waals surface area contributed by atoms with E-state index in [1.165, 1.54) is 32.5 Å². The van der Waals surface area contributed by atoms with Crippen LogP contribution < -0.4 is 4.40 Å². The Kier molecular flexibility index (Phi) is 7.35. The summed E-state index contributed by atoms with van der Waals surface area (Å²) < 4.78 is 1.65. The molecule has 0 saturated heterocycles. The van der Waals surface area contributed by atoms with Gasteiger partial charge in [-0.3, -0.25) is 0 Å². The third-order valence-corrected chi connectivity index (χ3v) is 18.3. The molecule has 0 unspecified atom stereocenters. The molecule has 0 fully saturated rings. The van der Waals surface area contributed by atoms with E-state index < -0.39 is 13.3 Å². The Balaban J connectivity index is 2.08. The number of hydrogen-bond donors (Lipinski definition) is 0. The molecule has 0 atom stereocenters. The summed E-state index contributed by atoms with van der Waals surface area (Å²) in [5.74, 6) is 0.658. The van der Waals surface area contributed by atoms with Gasteiger partial charge in [0.15, 0.2) is 0 Å². The Bertz CT molecular complexity index is 918. The van der Waals surface area contributed by atoms with Gasteiger partial charge in [-0.1, -0.05) is 0 Å². The van der Waals surface area contributed by atoms with E-state index in [4.69, 9.17) is 4.98 Å². The van der Waals surface area contributed by atoms with Crippen molar-refractivity contribution in [3.8, 4) is 22.4 Å². The molecule has 152 valence electrons. The van der Waals surface area contributed by atoms with Crippen LogP contribution in [0.5, 0.6) is 0 Å². The van der Waals surface area contributed by atoms with Crippen LogP contribution in [0.3, 0.4) is 0 Å². The molecule has 3 rings (SSSR count). The van der Waals surface area contributed by atoms with Crippen LogP contribution in [0, 0.1) is 5.92 Å². The van der Waals surface area contributed by atoms with Gasteiger partial charge in [0.1, 0.15) is 0 Å². The van der Waals surface area contributed by atoms with Crippen LogP contribution in [0.4, 0.5) is 0 Å². The van der Waals surface area contributed by atoms with E-state index in [-0.39, 0.29) is 0 Å². The first-order chi connectivity index (χ1) is 14.0. The fraction of sp³-hybridized carbons (Fsp3) is 0.370. The van der Waals surface area contributed by atoms with E-state index >= 15 is 0 Å². The van der Waals surface area contributed by atoms with Gasteiger partial charge in [0, 0.05) is 0 Å². The van der Waals surface area contributed by atoms with Gasteiger partial charge < -0.3 is 0 Å². The average molecular weight is 446 g/mol. The molecular formula is C27H35GeN. The van der Waals surface area contributed by atoms with Crippen LogP contribution in [-0.4, -0.2) is 18.3 Å². The van der Waals surface area contributed by atoms with Gasteiger partial charge in [-0.25, -0.2) is 0 Å². The summed E-state index contributed by atoms with van der Waals surface area (Å²) in [6.07, 6.45) is 3.41.